The molecule has 0 aromatic rings. The topological polar surface area (TPSA) is 98.7 Å². The zero-order chi connectivity index (χ0) is 18.3. The lowest BCUT2D eigenvalue weighted by Gasteiger charge is -2.33. The Labute approximate surface area is 144 Å². The summed E-state index contributed by atoms with van der Waals surface area (Å²) in [5, 5.41) is 14.7. The predicted octanol–water partition coefficient (Wildman–Crippen LogP) is 1.68. The maximum absolute atomic E-state index is 12.4. The average Bonchev–Trinajstić information content (AvgIpc) is 2.51. The van der Waals surface area contributed by atoms with Crippen LogP contribution in [0.1, 0.15) is 47.0 Å². The van der Waals surface area contributed by atoms with E-state index in [1.54, 1.807) is 4.90 Å². The van der Waals surface area contributed by atoms with Gasteiger partial charge in [-0.15, -0.1) is 0 Å². The van der Waals surface area contributed by atoms with Crippen LogP contribution in [0.5, 0.6) is 0 Å². The molecule has 1 heterocycles. The second-order valence-corrected chi connectivity index (χ2v) is 7.39. The standard InChI is InChI=1S/C17H31N3O4/c1-11(2)8-14(16(22)23)19-15(21)13-6-5-7-20(10-13)17(24)18-9-12(3)4/h11-14H,5-10H2,1-4H3,(H,18,24)(H,19,21)(H,22,23)/t13?,14-/m1/s1. The first-order chi connectivity index (χ1) is 11.2. The second-order valence-electron chi connectivity index (χ2n) is 7.39. The Morgan fingerprint density at radius 3 is 2.38 bits per heavy atom. The number of nitrogens with one attached hydrogen (secondary N) is 2. The van der Waals surface area contributed by atoms with E-state index in [1.807, 2.05) is 27.7 Å². The first-order valence-corrected chi connectivity index (χ1v) is 8.76. The summed E-state index contributed by atoms with van der Waals surface area (Å²) < 4.78 is 0. The zero-order valence-electron chi connectivity index (χ0n) is 15.2. The third-order valence-electron chi connectivity index (χ3n) is 4.06. The lowest BCUT2D eigenvalue weighted by molar-refractivity contribution is -0.143. The van der Waals surface area contributed by atoms with E-state index in [-0.39, 0.29) is 23.8 Å². The van der Waals surface area contributed by atoms with E-state index in [0.717, 1.165) is 6.42 Å². The van der Waals surface area contributed by atoms with Crippen molar-refractivity contribution in [1.82, 2.24) is 15.5 Å². The molecule has 0 aliphatic carbocycles. The number of likely N-dealkylation sites (tertiary alicyclic amines) is 1. The molecule has 24 heavy (non-hydrogen) atoms. The van der Waals surface area contributed by atoms with E-state index in [2.05, 4.69) is 10.6 Å². The first kappa shape index (κ1) is 20.3. The molecule has 1 rings (SSSR count). The van der Waals surface area contributed by atoms with E-state index in [9.17, 15) is 19.5 Å². The van der Waals surface area contributed by atoms with E-state index in [1.165, 1.54) is 0 Å². The van der Waals surface area contributed by atoms with Gasteiger partial charge in [0, 0.05) is 19.6 Å². The van der Waals surface area contributed by atoms with E-state index < -0.39 is 12.0 Å². The lowest BCUT2D eigenvalue weighted by atomic mass is 9.96. The molecular weight excluding hydrogens is 310 g/mol. The van der Waals surface area contributed by atoms with Crippen LogP contribution in [0.15, 0.2) is 0 Å². The molecule has 1 aliphatic rings. The minimum atomic E-state index is -1.01. The molecule has 1 aliphatic heterocycles. The molecule has 138 valence electrons. The number of urea groups is 1. The Morgan fingerprint density at radius 1 is 1.17 bits per heavy atom. The maximum atomic E-state index is 12.4. The molecule has 0 aromatic carbocycles. The highest BCUT2D eigenvalue weighted by atomic mass is 16.4. The van der Waals surface area contributed by atoms with Crippen molar-refractivity contribution in [2.24, 2.45) is 17.8 Å². The van der Waals surface area contributed by atoms with Crippen molar-refractivity contribution in [1.29, 1.82) is 0 Å². The highest BCUT2D eigenvalue weighted by molar-refractivity contribution is 5.85. The largest absolute Gasteiger partial charge is 0.480 e. The van der Waals surface area contributed by atoms with Gasteiger partial charge in [-0.05, 0) is 31.1 Å². The molecule has 0 aromatic heterocycles. The molecular formula is C17H31N3O4. The number of nitrogens with zero attached hydrogens (tertiary/aromatic N) is 1. The fourth-order valence-electron chi connectivity index (χ4n) is 2.76. The summed E-state index contributed by atoms with van der Waals surface area (Å²) in [4.78, 5) is 37.5. The fraction of sp³-hybridized carbons (Fsp3) is 0.824. The van der Waals surface area contributed by atoms with Gasteiger partial charge >= 0.3 is 12.0 Å². The zero-order valence-corrected chi connectivity index (χ0v) is 15.2. The van der Waals surface area contributed by atoms with Crippen molar-refractivity contribution in [2.45, 2.75) is 53.0 Å². The van der Waals surface area contributed by atoms with Crippen molar-refractivity contribution in [3.63, 3.8) is 0 Å². The summed E-state index contributed by atoms with van der Waals surface area (Å²) in [7, 11) is 0. The molecule has 0 spiro atoms. The highest BCUT2D eigenvalue weighted by Crippen LogP contribution is 2.17. The Kier molecular flexibility index (Phi) is 8.01. The summed E-state index contributed by atoms with van der Waals surface area (Å²) in [6.45, 7) is 9.45. The number of piperidine rings is 1. The van der Waals surface area contributed by atoms with E-state index >= 15 is 0 Å². The normalized spacial score (nSPS) is 19.2. The number of rotatable bonds is 7. The lowest BCUT2D eigenvalue weighted by Crippen LogP contribution is -2.51. The van der Waals surface area contributed by atoms with Gasteiger partial charge in [-0.3, -0.25) is 4.79 Å². The van der Waals surface area contributed by atoms with Gasteiger partial charge in [-0.2, -0.15) is 0 Å². The van der Waals surface area contributed by atoms with Crippen molar-refractivity contribution >= 4 is 17.9 Å². The molecule has 1 saturated heterocycles. The number of hydrogen-bond acceptors (Lipinski definition) is 3. The van der Waals surface area contributed by atoms with Crippen LogP contribution >= 0.6 is 0 Å². The van der Waals surface area contributed by atoms with Gasteiger partial charge in [-0.25, -0.2) is 9.59 Å². The highest BCUT2D eigenvalue weighted by Gasteiger charge is 2.31. The number of carboxylic acids is 1. The molecule has 3 N–H and O–H groups in total. The third kappa shape index (κ3) is 6.76. The van der Waals surface area contributed by atoms with Gasteiger partial charge in [0.05, 0.1) is 5.92 Å². The van der Waals surface area contributed by atoms with Gasteiger partial charge in [0.1, 0.15) is 6.04 Å². The number of amides is 3. The van der Waals surface area contributed by atoms with Crippen molar-refractivity contribution in [3.05, 3.63) is 0 Å². The summed E-state index contributed by atoms with van der Waals surface area (Å²) in [5.41, 5.74) is 0. The Balaban J connectivity index is 2.57. The second kappa shape index (κ2) is 9.49. The van der Waals surface area contributed by atoms with Crippen molar-refractivity contribution in [2.75, 3.05) is 19.6 Å². The molecule has 2 atom stereocenters. The van der Waals surface area contributed by atoms with Crippen LogP contribution in [-0.4, -0.2) is 53.6 Å². The number of carbonyl (C=O) groups is 3. The van der Waals surface area contributed by atoms with E-state index in [4.69, 9.17) is 0 Å². The SMILES string of the molecule is CC(C)CNC(=O)N1CCCC(C(=O)N[C@H](CC(C)C)C(=O)O)C1. The molecule has 0 saturated carbocycles. The van der Waals surface area contributed by atoms with Crippen LogP contribution in [-0.2, 0) is 9.59 Å². The van der Waals surface area contributed by atoms with Crippen LogP contribution in [0.25, 0.3) is 0 Å². The molecule has 0 radical (unpaired) electrons. The fourth-order valence-corrected chi connectivity index (χ4v) is 2.76. The quantitative estimate of drug-likeness (QED) is 0.656. The Bertz CT molecular complexity index is 451. The van der Waals surface area contributed by atoms with E-state index in [0.29, 0.717) is 38.4 Å². The molecule has 7 nitrogen and oxygen atoms in total. The molecule has 1 fully saturated rings. The summed E-state index contributed by atoms with van der Waals surface area (Å²) in [5.74, 6) is -1.09. The van der Waals surface area contributed by atoms with Gasteiger partial charge in [0.2, 0.25) is 5.91 Å². The van der Waals surface area contributed by atoms with Gasteiger partial charge in [0.15, 0.2) is 0 Å². The number of carbonyl (C=O) groups excluding carboxylic acids is 2. The smallest absolute Gasteiger partial charge is 0.326 e. The van der Waals surface area contributed by atoms with Crippen LogP contribution in [0.4, 0.5) is 4.79 Å². The molecule has 1 unspecified atom stereocenters. The predicted molar refractivity (Wildman–Crippen MR) is 91.6 cm³/mol. The molecule has 7 heteroatoms. The third-order valence-corrected chi connectivity index (χ3v) is 4.06. The molecule has 0 bridgehead atoms. The molecule has 3 amide bonds. The number of carboxylic acid groups (broad SMARTS) is 1. The number of hydrogen-bond donors (Lipinski definition) is 3. The van der Waals surface area contributed by atoms with Gasteiger partial charge in [0.25, 0.3) is 0 Å². The summed E-state index contributed by atoms with van der Waals surface area (Å²) in [6, 6.07) is -1.03. The Hall–Kier alpha value is -1.79. The van der Waals surface area contributed by atoms with Gasteiger partial charge in [-0.1, -0.05) is 27.7 Å². The maximum Gasteiger partial charge on any atom is 0.326 e. The van der Waals surface area contributed by atoms with Crippen molar-refractivity contribution < 1.29 is 19.5 Å². The van der Waals surface area contributed by atoms with Crippen LogP contribution < -0.4 is 10.6 Å². The van der Waals surface area contributed by atoms with Crippen LogP contribution in [0, 0.1) is 17.8 Å². The minimum Gasteiger partial charge on any atom is -0.480 e. The number of aliphatic carboxylic acids is 1. The van der Waals surface area contributed by atoms with Crippen LogP contribution in [0.2, 0.25) is 0 Å². The van der Waals surface area contributed by atoms with Gasteiger partial charge < -0.3 is 20.6 Å². The van der Waals surface area contributed by atoms with Crippen LogP contribution in [0.3, 0.4) is 0 Å². The first-order valence-electron chi connectivity index (χ1n) is 8.76. The van der Waals surface area contributed by atoms with Crippen molar-refractivity contribution in [3.8, 4) is 0 Å². The summed E-state index contributed by atoms with van der Waals surface area (Å²) >= 11 is 0. The monoisotopic (exact) mass is 341 g/mol. The minimum absolute atomic E-state index is 0.154. The average molecular weight is 341 g/mol. The summed E-state index contributed by atoms with van der Waals surface area (Å²) in [6.07, 6.45) is 1.81. The Morgan fingerprint density at radius 2 is 1.83 bits per heavy atom.